The molecule has 0 spiro atoms. The van der Waals surface area contributed by atoms with Crippen molar-refractivity contribution in [2.75, 3.05) is 24.7 Å². The number of alkyl halides is 4. The van der Waals surface area contributed by atoms with Gasteiger partial charge in [0.25, 0.3) is 5.91 Å². The molecule has 3 aromatic rings. The first-order chi connectivity index (χ1) is 20.9. The maximum absolute atomic E-state index is 15.4. The molecule has 0 fully saturated rings. The minimum absolute atomic E-state index is 0.0143. The standard InChI is InChI=1S/C28H28F5N5O6S/c1-27(2,3)43-26(41)34-18-13-45-20-11-17(29)16(21-35-22(44-36-21)24(40)37(4)5)10-19(20)38(23(18)39)12-14-6-8-15(9-7-14)42-28(32,33)25(30)31/h6-11,18,25H,12-13H2,1-5H3,(H,34,41)/t18-/m0/s1. The van der Waals surface area contributed by atoms with Gasteiger partial charge in [-0.2, -0.15) is 22.5 Å². The van der Waals surface area contributed by atoms with E-state index in [1.165, 1.54) is 42.1 Å². The maximum Gasteiger partial charge on any atom is 0.461 e. The minimum Gasteiger partial charge on any atom is -0.444 e. The van der Waals surface area contributed by atoms with Crippen molar-refractivity contribution in [2.24, 2.45) is 0 Å². The monoisotopic (exact) mass is 657 g/mol. The number of aromatic nitrogens is 2. The second-order valence-corrected chi connectivity index (χ2v) is 12.0. The number of rotatable bonds is 8. The van der Waals surface area contributed by atoms with Gasteiger partial charge in [0, 0.05) is 24.7 Å². The van der Waals surface area contributed by atoms with Gasteiger partial charge in [-0.05, 0) is 50.6 Å². The molecule has 0 aliphatic carbocycles. The minimum atomic E-state index is -4.72. The average molecular weight is 658 g/mol. The molecule has 3 amide bonds. The van der Waals surface area contributed by atoms with Crippen LogP contribution < -0.4 is 15.0 Å². The number of nitrogens with one attached hydrogen (secondary N) is 1. The molecule has 4 rings (SSSR count). The van der Waals surface area contributed by atoms with Crippen LogP contribution in [-0.2, 0) is 16.1 Å². The van der Waals surface area contributed by atoms with E-state index in [0.29, 0.717) is 10.5 Å². The Morgan fingerprint density at radius 1 is 1.18 bits per heavy atom. The van der Waals surface area contributed by atoms with Crippen LogP contribution in [0.15, 0.2) is 45.8 Å². The third-order valence-corrected chi connectivity index (χ3v) is 7.17. The Balaban J connectivity index is 1.72. The zero-order valence-corrected chi connectivity index (χ0v) is 25.4. The maximum atomic E-state index is 15.4. The number of thioether (sulfide) groups is 1. The molecule has 1 aromatic heterocycles. The van der Waals surface area contributed by atoms with Crippen LogP contribution in [0.1, 0.15) is 37.0 Å². The van der Waals surface area contributed by atoms with E-state index in [1.54, 1.807) is 20.8 Å². The lowest BCUT2D eigenvalue weighted by Gasteiger charge is -2.27. The molecule has 2 heterocycles. The number of hydrogen-bond acceptors (Lipinski definition) is 9. The summed E-state index contributed by atoms with van der Waals surface area (Å²) in [5, 5.41) is 6.23. The molecule has 0 bridgehead atoms. The molecule has 1 N–H and O–H groups in total. The van der Waals surface area contributed by atoms with Crippen LogP contribution in [0, 0.1) is 5.82 Å². The molecule has 1 atom stereocenters. The molecule has 17 heteroatoms. The quantitative estimate of drug-likeness (QED) is 0.319. The van der Waals surface area contributed by atoms with Crippen LogP contribution in [0.5, 0.6) is 5.75 Å². The number of benzene rings is 2. The van der Waals surface area contributed by atoms with Gasteiger partial charge in [-0.15, -0.1) is 11.8 Å². The topological polar surface area (TPSA) is 127 Å². The van der Waals surface area contributed by atoms with Crippen molar-refractivity contribution in [3.8, 4) is 17.1 Å². The predicted molar refractivity (Wildman–Crippen MR) is 151 cm³/mol. The van der Waals surface area contributed by atoms with Gasteiger partial charge in [0.2, 0.25) is 5.82 Å². The van der Waals surface area contributed by atoms with Crippen molar-refractivity contribution < 1.29 is 50.3 Å². The second kappa shape index (κ2) is 12.9. The second-order valence-electron chi connectivity index (χ2n) is 11.0. The highest BCUT2D eigenvalue weighted by atomic mass is 32.2. The van der Waals surface area contributed by atoms with E-state index in [0.717, 1.165) is 30.0 Å². The number of carbonyl (C=O) groups excluding carboxylic acids is 3. The Morgan fingerprint density at radius 3 is 2.44 bits per heavy atom. The molecule has 1 aliphatic heterocycles. The van der Waals surface area contributed by atoms with Crippen LogP contribution in [0.25, 0.3) is 11.4 Å². The summed E-state index contributed by atoms with van der Waals surface area (Å²) in [6, 6.07) is 5.88. The summed E-state index contributed by atoms with van der Waals surface area (Å²) >= 11 is 1.07. The zero-order valence-electron chi connectivity index (χ0n) is 24.6. The molecule has 0 unspecified atom stereocenters. The Morgan fingerprint density at radius 2 is 1.84 bits per heavy atom. The highest BCUT2D eigenvalue weighted by Crippen LogP contribution is 2.39. The summed E-state index contributed by atoms with van der Waals surface area (Å²) in [4.78, 5) is 45.4. The first kappa shape index (κ1) is 33.5. The fourth-order valence-electron chi connectivity index (χ4n) is 3.97. The summed E-state index contributed by atoms with van der Waals surface area (Å²) in [5.74, 6) is -3.27. The first-order valence-corrected chi connectivity index (χ1v) is 14.2. The van der Waals surface area contributed by atoms with Crippen LogP contribution >= 0.6 is 11.8 Å². The van der Waals surface area contributed by atoms with Crippen molar-refractivity contribution in [3.05, 3.63) is 53.7 Å². The Bertz CT molecular complexity index is 1580. The third kappa shape index (κ3) is 8.01. The number of nitrogens with zero attached hydrogens (tertiary/aromatic N) is 4. The molecule has 242 valence electrons. The zero-order chi connectivity index (χ0) is 33.3. The predicted octanol–water partition coefficient (Wildman–Crippen LogP) is 5.35. The van der Waals surface area contributed by atoms with Gasteiger partial charge in [0.1, 0.15) is 23.2 Å². The van der Waals surface area contributed by atoms with E-state index >= 15 is 4.39 Å². The number of hydrogen-bond donors (Lipinski definition) is 1. The number of alkyl carbamates (subject to hydrolysis) is 1. The normalized spacial score (nSPS) is 15.4. The van der Waals surface area contributed by atoms with E-state index in [-0.39, 0.29) is 29.4 Å². The highest BCUT2D eigenvalue weighted by molar-refractivity contribution is 7.99. The molecule has 11 nitrogen and oxygen atoms in total. The summed E-state index contributed by atoms with van der Waals surface area (Å²) in [6.45, 7) is 4.69. The third-order valence-electron chi connectivity index (χ3n) is 6.03. The summed E-state index contributed by atoms with van der Waals surface area (Å²) in [7, 11) is 2.92. The van der Waals surface area contributed by atoms with E-state index in [9.17, 15) is 31.9 Å². The van der Waals surface area contributed by atoms with Gasteiger partial charge >= 0.3 is 30.4 Å². The number of halogens is 5. The Labute approximate surface area is 258 Å². The van der Waals surface area contributed by atoms with E-state index in [2.05, 4.69) is 20.2 Å². The molecular weight excluding hydrogens is 629 g/mol. The van der Waals surface area contributed by atoms with Crippen molar-refractivity contribution in [3.63, 3.8) is 0 Å². The highest BCUT2D eigenvalue weighted by Gasteiger charge is 2.44. The van der Waals surface area contributed by atoms with Crippen molar-refractivity contribution in [1.29, 1.82) is 0 Å². The average Bonchev–Trinajstić information content (AvgIpc) is 3.39. The molecular formula is C28H28F5N5O6S. The number of amides is 3. The summed E-state index contributed by atoms with van der Waals surface area (Å²) in [6.07, 6.45) is -9.64. The van der Waals surface area contributed by atoms with Crippen LogP contribution in [0.4, 0.5) is 32.4 Å². The number of ether oxygens (including phenoxy) is 2. The van der Waals surface area contributed by atoms with E-state index in [4.69, 9.17) is 9.26 Å². The van der Waals surface area contributed by atoms with Gasteiger partial charge in [0.05, 0.1) is 17.8 Å². The van der Waals surface area contributed by atoms with Crippen LogP contribution in [0.2, 0.25) is 0 Å². The SMILES string of the molecule is CN(C)C(=O)c1nc(-c2cc3c(cc2F)SC[C@H](NC(=O)OC(C)(C)C)C(=O)N3Cc2ccc(OC(F)(F)C(F)F)cc2)no1. The molecule has 1 aliphatic rings. The van der Waals surface area contributed by atoms with Gasteiger partial charge in [-0.3, -0.25) is 9.59 Å². The van der Waals surface area contributed by atoms with E-state index < -0.39 is 59.5 Å². The molecule has 2 aromatic carbocycles. The van der Waals surface area contributed by atoms with Gasteiger partial charge in [-0.25, -0.2) is 9.18 Å². The number of anilines is 1. The van der Waals surface area contributed by atoms with Crippen LogP contribution in [0.3, 0.4) is 0 Å². The van der Waals surface area contributed by atoms with Gasteiger partial charge in [-0.1, -0.05) is 17.3 Å². The van der Waals surface area contributed by atoms with Gasteiger partial charge in [0.15, 0.2) is 0 Å². The fraction of sp³-hybridized carbons (Fsp3) is 0.393. The lowest BCUT2D eigenvalue weighted by atomic mass is 10.1. The van der Waals surface area contributed by atoms with Crippen molar-refractivity contribution in [2.45, 2.75) is 56.4 Å². The molecule has 0 radical (unpaired) electrons. The summed E-state index contributed by atoms with van der Waals surface area (Å²) in [5.41, 5.74) is -0.558. The number of fused-ring (bicyclic) bond motifs is 1. The smallest absolute Gasteiger partial charge is 0.444 e. The Hall–Kier alpha value is -4.41. The van der Waals surface area contributed by atoms with Crippen molar-refractivity contribution in [1.82, 2.24) is 20.4 Å². The lowest BCUT2D eigenvalue weighted by molar-refractivity contribution is -0.253. The fourth-order valence-corrected chi connectivity index (χ4v) is 5.04. The molecule has 0 saturated carbocycles. The largest absolute Gasteiger partial charge is 0.461 e. The first-order valence-electron chi connectivity index (χ1n) is 13.2. The number of carbonyl (C=O) groups is 3. The van der Waals surface area contributed by atoms with E-state index in [1.807, 2.05) is 0 Å². The molecule has 0 saturated heterocycles. The van der Waals surface area contributed by atoms with Gasteiger partial charge < -0.3 is 29.1 Å². The van der Waals surface area contributed by atoms with Crippen LogP contribution in [-0.4, -0.2) is 77.0 Å². The summed E-state index contributed by atoms with van der Waals surface area (Å²) < 4.78 is 81.6. The molecule has 45 heavy (non-hydrogen) atoms. The Kier molecular flexibility index (Phi) is 9.60. The lowest BCUT2D eigenvalue weighted by Crippen LogP contribution is -2.50. The van der Waals surface area contributed by atoms with Crippen molar-refractivity contribution >= 4 is 35.4 Å².